The van der Waals surface area contributed by atoms with Crippen LogP contribution in [0.5, 0.6) is 0 Å². The summed E-state index contributed by atoms with van der Waals surface area (Å²) in [4.78, 5) is 24.0. The Kier molecular flexibility index (Phi) is 5.65. The number of aliphatic imine (C=N–C) groups is 1. The van der Waals surface area contributed by atoms with Crippen molar-refractivity contribution in [1.82, 2.24) is 9.88 Å². The second kappa shape index (κ2) is 8.89. The second-order valence-electron chi connectivity index (χ2n) is 7.82. The van der Waals surface area contributed by atoms with Gasteiger partial charge in [0.15, 0.2) is 5.17 Å². The Hall–Kier alpha value is -3.57. The topological polar surface area (TPSA) is 48.5 Å². The van der Waals surface area contributed by atoms with Crippen LogP contribution < -0.4 is 0 Å². The highest BCUT2D eigenvalue weighted by molar-refractivity contribution is 8.18. The summed E-state index contributed by atoms with van der Waals surface area (Å²) >= 11 is 1.44. The minimum Gasteiger partial charge on any atom is -0.361 e. The van der Waals surface area contributed by atoms with Crippen molar-refractivity contribution >= 4 is 45.5 Å². The van der Waals surface area contributed by atoms with E-state index in [1.54, 1.807) is 4.90 Å². The summed E-state index contributed by atoms with van der Waals surface area (Å²) in [6.07, 6.45) is 4.75. The highest BCUT2D eigenvalue weighted by Crippen LogP contribution is 2.34. The van der Waals surface area contributed by atoms with E-state index in [1.807, 2.05) is 66.9 Å². The van der Waals surface area contributed by atoms with Crippen LogP contribution in [0.3, 0.4) is 0 Å². The number of carbonyl (C=O) groups is 1. The number of thioether (sulfide) groups is 1. The number of amidine groups is 1. The minimum absolute atomic E-state index is 0.00558. The fourth-order valence-electron chi connectivity index (χ4n) is 3.88. The summed E-state index contributed by atoms with van der Waals surface area (Å²) in [7, 11) is 0. The molecule has 4 aromatic rings. The predicted molar refractivity (Wildman–Crippen MR) is 134 cm³/mol. The van der Waals surface area contributed by atoms with Crippen LogP contribution in [0.15, 0.2) is 95.0 Å². The molecule has 5 rings (SSSR count). The van der Waals surface area contributed by atoms with Gasteiger partial charge in [-0.25, -0.2) is 4.99 Å². The highest BCUT2D eigenvalue weighted by Gasteiger charge is 2.33. The van der Waals surface area contributed by atoms with E-state index >= 15 is 0 Å². The van der Waals surface area contributed by atoms with Gasteiger partial charge in [0.25, 0.3) is 5.91 Å². The van der Waals surface area contributed by atoms with Crippen LogP contribution in [0.25, 0.3) is 17.0 Å². The van der Waals surface area contributed by atoms with E-state index in [9.17, 15) is 4.79 Å². The van der Waals surface area contributed by atoms with E-state index in [-0.39, 0.29) is 5.91 Å². The maximum atomic E-state index is 13.4. The fraction of sp³-hybridized carbons (Fsp3) is 0.111. The third kappa shape index (κ3) is 4.25. The molecule has 2 heterocycles. The second-order valence-corrected chi connectivity index (χ2v) is 8.83. The lowest BCUT2D eigenvalue weighted by atomic mass is 10.1. The van der Waals surface area contributed by atoms with Crippen LogP contribution in [0, 0.1) is 6.92 Å². The number of fused-ring (bicyclic) bond motifs is 1. The Balaban J connectivity index is 1.45. The third-order valence-corrected chi connectivity index (χ3v) is 6.50. The van der Waals surface area contributed by atoms with Gasteiger partial charge in [0.1, 0.15) is 0 Å². The zero-order valence-electron chi connectivity index (χ0n) is 17.8. The van der Waals surface area contributed by atoms with Crippen molar-refractivity contribution in [3.05, 3.63) is 107 Å². The molecule has 0 bridgehead atoms. The van der Waals surface area contributed by atoms with Gasteiger partial charge in [-0.2, -0.15) is 0 Å². The molecule has 1 saturated heterocycles. The number of rotatable bonds is 5. The zero-order valence-corrected chi connectivity index (χ0v) is 18.6. The largest absolute Gasteiger partial charge is 0.361 e. The molecule has 3 aromatic carbocycles. The number of nitrogens with zero attached hydrogens (tertiary/aromatic N) is 2. The Morgan fingerprint density at radius 1 is 1.00 bits per heavy atom. The van der Waals surface area contributed by atoms with Gasteiger partial charge in [-0.1, -0.05) is 66.2 Å². The maximum absolute atomic E-state index is 13.4. The molecule has 0 radical (unpaired) electrons. The van der Waals surface area contributed by atoms with Crippen molar-refractivity contribution in [3.63, 3.8) is 0 Å². The van der Waals surface area contributed by atoms with Crippen LogP contribution in [0.2, 0.25) is 0 Å². The standard InChI is InChI=1S/C27H23N3OS/c1-19-8-7-9-20(16-19)17-25-26(31)30(27(32-25)29-22-10-3-2-4-11-22)15-14-21-18-28-24-13-6-5-12-23(21)24/h2-13,16-18,28H,14-15H2,1H3/b25-17+,29-27?. The lowest BCUT2D eigenvalue weighted by Gasteiger charge is -2.15. The van der Waals surface area contributed by atoms with Gasteiger partial charge >= 0.3 is 0 Å². The van der Waals surface area contributed by atoms with Crippen LogP contribution in [-0.2, 0) is 11.2 Å². The monoisotopic (exact) mass is 437 g/mol. The summed E-state index contributed by atoms with van der Waals surface area (Å²) in [6, 6.07) is 26.2. The molecule has 0 aliphatic carbocycles. The number of hydrogen-bond donors (Lipinski definition) is 1. The lowest BCUT2D eigenvalue weighted by molar-refractivity contribution is -0.122. The summed E-state index contributed by atoms with van der Waals surface area (Å²) in [5.74, 6) is 0.00558. The van der Waals surface area contributed by atoms with Gasteiger partial charge in [-0.15, -0.1) is 0 Å². The van der Waals surface area contributed by atoms with Crippen molar-refractivity contribution < 1.29 is 4.79 Å². The summed E-state index contributed by atoms with van der Waals surface area (Å²) in [5, 5.41) is 1.92. The van der Waals surface area contributed by atoms with Crippen molar-refractivity contribution in [1.29, 1.82) is 0 Å². The molecule has 0 unspecified atom stereocenters. The number of carbonyl (C=O) groups excluding carboxylic acids is 1. The number of benzene rings is 3. The van der Waals surface area contributed by atoms with E-state index in [2.05, 4.69) is 36.2 Å². The van der Waals surface area contributed by atoms with Crippen LogP contribution >= 0.6 is 11.8 Å². The van der Waals surface area contributed by atoms with Gasteiger partial charge in [0, 0.05) is 23.6 Å². The molecule has 1 aliphatic heterocycles. The number of H-pyrrole nitrogens is 1. The molecule has 1 N–H and O–H groups in total. The molecule has 0 atom stereocenters. The first-order valence-electron chi connectivity index (χ1n) is 10.6. The number of amides is 1. The van der Waals surface area contributed by atoms with E-state index in [1.165, 1.54) is 28.3 Å². The van der Waals surface area contributed by atoms with E-state index in [0.29, 0.717) is 11.4 Å². The molecule has 32 heavy (non-hydrogen) atoms. The Bertz CT molecular complexity index is 1340. The molecule has 4 nitrogen and oxygen atoms in total. The van der Waals surface area contributed by atoms with E-state index < -0.39 is 0 Å². The molecule has 5 heteroatoms. The van der Waals surface area contributed by atoms with Crippen LogP contribution in [0.4, 0.5) is 5.69 Å². The van der Waals surface area contributed by atoms with Gasteiger partial charge in [0.05, 0.1) is 10.6 Å². The molecule has 0 spiro atoms. The Labute approximate surface area is 191 Å². The van der Waals surface area contributed by atoms with E-state index in [4.69, 9.17) is 4.99 Å². The van der Waals surface area contributed by atoms with Crippen molar-refractivity contribution in [2.45, 2.75) is 13.3 Å². The average Bonchev–Trinajstić information content (AvgIpc) is 3.34. The quantitative estimate of drug-likeness (QED) is 0.371. The Morgan fingerprint density at radius 3 is 2.66 bits per heavy atom. The van der Waals surface area contributed by atoms with Gasteiger partial charge < -0.3 is 4.98 Å². The smallest absolute Gasteiger partial charge is 0.266 e. The average molecular weight is 438 g/mol. The summed E-state index contributed by atoms with van der Waals surface area (Å²) in [6.45, 7) is 2.63. The normalized spacial score (nSPS) is 16.5. The molecule has 0 saturated carbocycles. The number of para-hydroxylation sites is 2. The first-order valence-corrected chi connectivity index (χ1v) is 11.5. The summed E-state index contributed by atoms with van der Waals surface area (Å²) < 4.78 is 0. The number of aromatic nitrogens is 1. The lowest BCUT2D eigenvalue weighted by Crippen LogP contribution is -2.31. The van der Waals surface area contributed by atoms with Gasteiger partial charge in [-0.3, -0.25) is 9.69 Å². The molecular formula is C27H23N3OS. The number of hydrogen-bond acceptors (Lipinski definition) is 3. The zero-order chi connectivity index (χ0) is 21.9. The number of aryl methyl sites for hydroxylation is 1. The number of nitrogens with one attached hydrogen (secondary N) is 1. The summed E-state index contributed by atoms with van der Waals surface area (Å²) in [5.41, 5.74) is 5.36. The van der Waals surface area contributed by atoms with Crippen molar-refractivity contribution in [2.24, 2.45) is 4.99 Å². The van der Waals surface area contributed by atoms with Gasteiger partial charge in [0.2, 0.25) is 0 Å². The maximum Gasteiger partial charge on any atom is 0.266 e. The highest BCUT2D eigenvalue weighted by atomic mass is 32.2. The van der Waals surface area contributed by atoms with Gasteiger partial charge in [-0.05, 0) is 60.5 Å². The fourth-order valence-corrected chi connectivity index (χ4v) is 4.91. The van der Waals surface area contributed by atoms with Crippen LogP contribution in [0.1, 0.15) is 16.7 Å². The SMILES string of the molecule is Cc1cccc(/C=C2/SC(=Nc3ccccc3)N(CCc3c[nH]c4ccccc34)C2=O)c1. The molecule has 1 aliphatic rings. The third-order valence-electron chi connectivity index (χ3n) is 5.49. The minimum atomic E-state index is 0.00558. The molecular weight excluding hydrogens is 414 g/mol. The first-order chi connectivity index (χ1) is 15.7. The van der Waals surface area contributed by atoms with Crippen molar-refractivity contribution in [3.8, 4) is 0 Å². The molecule has 1 amide bonds. The molecule has 1 fully saturated rings. The van der Waals surface area contributed by atoms with E-state index in [0.717, 1.165) is 28.4 Å². The first kappa shape index (κ1) is 20.3. The Morgan fingerprint density at radius 2 is 1.81 bits per heavy atom. The van der Waals surface area contributed by atoms with Crippen LogP contribution in [-0.4, -0.2) is 27.5 Å². The van der Waals surface area contributed by atoms with Crippen molar-refractivity contribution in [2.75, 3.05) is 6.54 Å². The predicted octanol–water partition coefficient (Wildman–Crippen LogP) is 6.32. The molecule has 1 aromatic heterocycles. The molecule has 158 valence electrons. The number of aromatic amines is 1.